The lowest BCUT2D eigenvalue weighted by Crippen LogP contribution is -2.34. The summed E-state index contributed by atoms with van der Waals surface area (Å²) in [7, 11) is 0. The van der Waals surface area contributed by atoms with E-state index >= 15 is 0 Å². The van der Waals surface area contributed by atoms with Crippen molar-refractivity contribution in [3.63, 3.8) is 0 Å². The smallest absolute Gasteiger partial charge is 0.304 e. The number of hydrogen-bond acceptors (Lipinski definition) is 4. The van der Waals surface area contributed by atoms with Gasteiger partial charge in [-0.15, -0.1) is 0 Å². The molecule has 2 N–H and O–H groups in total. The van der Waals surface area contributed by atoms with Gasteiger partial charge in [-0.1, -0.05) is 54.6 Å². The monoisotopic (exact) mass is 494 g/mol. The lowest BCUT2D eigenvalue weighted by molar-refractivity contribution is -0.137. The molecule has 4 atom stereocenters. The molecular formula is C30H30N4O3. The van der Waals surface area contributed by atoms with E-state index in [0.717, 1.165) is 52.7 Å². The van der Waals surface area contributed by atoms with Gasteiger partial charge in [-0.2, -0.15) is 15.4 Å². The van der Waals surface area contributed by atoms with E-state index in [4.69, 9.17) is 0 Å². The molecule has 1 saturated heterocycles. The van der Waals surface area contributed by atoms with Crippen molar-refractivity contribution in [1.29, 1.82) is 0 Å². The number of benzene rings is 3. The second kappa shape index (κ2) is 9.14. The minimum absolute atomic E-state index is 0.0230. The number of hydrogen-bond donors (Lipinski definition) is 2. The number of rotatable bonds is 6. The van der Waals surface area contributed by atoms with Gasteiger partial charge in [-0.05, 0) is 72.1 Å². The molecule has 2 heterocycles. The number of nitrogens with zero attached hydrogens (tertiary/aromatic N) is 3. The van der Waals surface area contributed by atoms with Crippen molar-refractivity contribution < 1.29 is 14.7 Å². The van der Waals surface area contributed by atoms with Crippen LogP contribution in [0.3, 0.4) is 0 Å². The van der Waals surface area contributed by atoms with Crippen molar-refractivity contribution in [3.05, 3.63) is 94.0 Å². The van der Waals surface area contributed by atoms with Crippen LogP contribution in [-0.2, 0) is 16.0 Å². The van der Waals surface area contributed by atoms with E-state index in [1.165, 1.54) is 11.1 Å². The normalized spacial score (nSPS) is 20.0. The Bertz CT molecular complexity index is 1500. The third-order valence-electron chi connectivity index (χ3n) is 8.39. The van der Waals surface area contributed by atoms with Gasteiger partial charge in [0.25, 0.3) is 0 Å². The quantitative estimate of drug-likeness (QED) is 0.388. The second-order valence-corrected chi connectivity index (χ2v) is 10.4. The third kappa shape index (κ3) is 3.99. The van der Waals surface area contributed by atoms with Crippen molar-refractivity contribution in [1.82, 2.24) is 20.3 Å². The van der Waals surface area contributed by atoms with Crippen LogP contribution in [0.4, 0.5) is 0 Å². The Hall–Kier alpha value is -4.00. The van der Waals surface area contributed by atoms with E-state index in [0.29, 0.717) is 5.92 Å². The summed E-state index contributed by atoms with van der Waals surface area (Å²) < 4.78 is 0. The molecule has 6 rings (SSSR count). The first-order valence-electron chi connectivity index (χ1n) is 12.9. The predicted octanol–water partition coefficient (Wildman–Crippen LogP) is 5.12. The predicted molar refractivity (Wildman–Crippen MR) is 140 cm³/mol. The molecule has 4 aromatic rings. The van der Waals surface area contributed by atoms with Crippen LogP contribution in [0.5, 0.6) is 0 Å². The molecule has 3 aromatic carbocycles. The van der Waals surface area contributed by atoms with Gasteiger partial charge >= 0.3 is 5.97 Å². The maximum Gasteiger partial charge on any atom is 0.304 e. The summed E-state index contributed by atoms with van der Waals surface area (Å²) in [5.74, 6) is -0.812. The van der Waals surface area contributed by atoms with E-state index < -0.39 is 5.97 Å². The van der Waals surface area contributed by atoms with Crippen molar-refractivity contribution >= 4 is 22.9 Å². The molecule has 0 saturated carbocycles. The van der Waals surface area contributed by atoms with Crippen molar-refractivity contribution in [2.45, 2.75) is 51.0 Å². The molecular weight excluding hydrogens is 464 g/mol. The molecule has 0 radical (unpaired) electrons. The highest BCUT2D eigenvalue weighted by atomic mass is 16.4. The first-order valence-corrected chi connectivity index (χ1v) is 12.9. The van der Waals surface area contributed by atoms with E-state index in [1.807, 2.05) is 56.3 Å². The number of nitrogens with one attached hydrogen (secondary N) is 1. The van der Waals surface area contributed by atoms with Gasteiger partial charge in [0, 0.05) is 12.5 Å². The summed E-state index contributed by atoms with van der Waals surface area (Å²) in [5, 5.41) is 20.9. The molecule has 1 aliphatic heterocycles. The highest BCUT2D eigenvalue weighted by molar-refractivity contribution is 5.84. The van der Waals surface area contributed by atoms with Gasteiger partial charge < -0.3 is 10.0 Å². The summed E-state index contributed by atoms with van der Waals surface area (Å²) in [6.07, 6.45) is 1.92. The number of fused-ring (bicyclic) bond motifs is 4. The van der Waals surface area contributed by atoms with Crippen LogP contribution < -0.4 is 0 Å². The number of aromatic nitrogens is 3. The fourth-order valence-electron chi connectivity index (χ4n) is 6.47. The van der Waals surface area contributed by atoms with Crippen LogP contribution in [0.2, 0.25) is 0 Å². The molecule has 0 spiro atoms. The highest BCUT2D eigenvalue weighted by Gasteiger charge is 2.44. The maximum atomic E-state index is 13.7. The third-order valence-corrected chi connectivity index (χ3v) is 8.39. The van der Waals surface area contributed by atoms with E-state index in [1.54, 1.807) is 0 Å². The largest absolute Gasteiger partial charge is 0.481 e. The number of carbonyl (C=O) groups is 2. The Kier molecular flexibility index (Phi) is 5.78. The number of aliphatic carboxylic acids is 1. The van der Waals surface area contributed by atoms with Crippen LogP contribution in [-0.4, -0.2) is 43.8 Å². The van der Waals surface area contributed by atoms with Crippen LogP contribution in [0.25, 0.3) is 11.0 Å². The Balaban J connectivity index is 1.37. The SMILES string of the molecule is Cc1c(C(CC(=O)O)c2ccc3c(c2)C2C(CCN2C(=O)C(C)c2ccccc2)C3)ccc2n[nH]nc12. The summed E-state index contributed by atoms with van der Waals surface area (Å²) >= 11 is 0. The zero-order chi connectivity index (χ0) is 25.7. The number of aromatic amines is 1. The first-order chi connectivity index (χ1) is 17.9. The Labute approximate surface area is 215 Å². The van der Waals surface area contributed by atoms with Gasteiger partial charge in [-0.3, -0.25) is 9.59 Å². The minimum Gasteiger partial charge on any atom is -0.481 e. The topological polar surface area (TPSA) is 99.2 Å². The Morgan fingerprint density at radius 2 is 1.89 bits per heavy atom. The van der Waals surface area contributed by atoms with E-state index in [9.17, 15) is 14.7 Å². The van der Waals surface area contributed by atoms with Crippen LogP contribution in [0, 0.1) is 12.8 Å². The molecule has 1 aliphatic carbocycles. The van der Waals surface area contributed by atoms with Gasteiger partial charge in [0.1, 0.15) is 11.0 Å². The van der Waals surface area contributed by atoms with Crippen molar-refractivity contribution in [2.24, 2.45) is 5.92 Å². The van der Waals surface area contributed by atoms with Gasteiger partial charge in [0.2, 0.25) is 5.91 Å². The van der Waals surface area contributed by atoms with Gasteiger partial charge in [0.05, 0.1) is 18.4 Å². The van der Waals surface area contributed by atoms with Crippen LogP contribution >= 0.6 is 0 Å². The molecule has 37 heavy (non-hydrogen) atoms. The van der Waals surface area contributed by atoms with E-state index in [2.05, 4.69) is 38.5 Å². The molecule has 1 amide bonds. The van der Waals surface area contributed by atoms with Crippen molar-refractivity contribution in [2.75, 3.05) is 6.54 Å². The average Bonchev–Trinajstić information content (AvgIpc) is 3.63. The standard InChI is InChI=1S/C30H30N4O3/c1-17(19-6-4-3-5-7-19)30(37)34-13-12-22-14-20-8-9-21(15-25(20)29(22)34)24(16-27(35)36)23-10-11-26-28(18(23)2)32-33-31-26/h3-11,15,17,22,24,29H,12-14,16H2,1-2H3,(H,35,36)(H,31,32,33). The first kappa shape index (κ1) is 23.4. The fraction of sp³-hybridized carbons (Fsp3) is 0.333. The highest BCUT2D eigenvalue weighted by Crippen LogP contribution is 2.48. The Morgan fingerprint density at radius 1 is 1.08 bits per heavy atom. The number of carbonyl (C=O) groups excluding carboxylic acids is 1. The van der Waals surface area contributed by atoms with Crippen molar-refractivity contribution in [3.8, 4) is 0 Å². The zero-order valence-electron chi connectivity index (χ0n) is 21.0. The number of carboxylic acid groups (broad SMARTS) is 1. The Morgan fingerprint density at radius 3 is 2.68 bits per heavy atom. The molecule has 7 nitrogen and oxygen atoms in total. The van der Waals surface area contributed by atoms with E-state index in [-0.39, 0.29) is 30.2 Å². The fourth-order valence-corrected chi connectivity index (χ4v) is 6.47. The lowest BCUT2D eigenvalue weighted by Gasteiger charge is -2.29. The number of aryl methyl sites for hydroxylation is 1. The summed E-state index contributed by atoms with van der Waals surface area (Å²) in [6, 6.07) is 20.2. The maximum absolute atomic E-state index is 13.7. The number of likely N-dealkylation sites (tertiary alicyclic amines) is 1. The molecule has 0 bridgehead atoms. The second-order valence-electron chi connectivity index (χ2n) is 10.4. The van der Waals surface area contributed by atoms with Crippen LogP contribution in [0.1, 0.15) is 71.0 Å². The minimum atomic E-state index is -0.850. The summed E-state index contributed by atoms with van der Waals surface area (Å²) in [5.41, 5.74) is 7.83. The number of amides is 1. The van der Waals surface area contributed by atoms with Gasteiger partial charge in [-0.25, -0.2) is 0 Å². The molecule has 4 unspecified atom stereocenters. The molecule has 1 aromatic heterocycles. The zero-order valence-corrected chi connectivity index (χ0v) is 21.0. The summed E-state index contributed by atoms with van der Waals surface area (Å²) in [4.78, 5) is 27.7. The molecule has 7 heteroatoms. The average molecular weight is 495 g/mol. The molecule has 2 aliphatic rings. The molecule has 188 valence electrons. The summed E-state index contributed by atoms with van der Waals surface area (Å²) in [6.45, 7) is 4.72. The molecule has 1 fully saturated rings. The number of H-pyrrole nitrogens is 1. The van der Waals surface area contributed by atoms with Crippen LogP contribution in [0.15, 0.2) is 60.7 Å². The lowest BCUT2D eigenvalue weighted by atomic mass is 9.84. The number of carboxylic acids is 1. The van der Waals surface area contributed by atoms with Gasteiger partial charge in [0.15, 0.2) is 0 Å².